The average molecular weight is 322 g/mol. The van der Waals surface area contributed by atoms with Crippen molar-refractivity contribution >= 4 is 0 Å². The SMILES string of the molecule is COCc1nc(C2CCCCN2Cc2cccc(F)c2F)n[nH]1. The second-order valence-corrected chi connectivity index (χ2v) is 5.77. The Morgan fingerprint density at radius 2 is 2.22 bits per heavy atom. The largest absolute Gasteiger partial charge is 0.377 e. The van der Waals surface area contributed by atoms with Gasteiger partial charge in [-0.15, -0.1) is 0 Å². The fourth-order valence-corrected chi connectivity index (χ4v) is 3.02. The van der Waals surface area contributed by atoms with E-state index in [4.69, 9.17) is 4.74 Å². The molecule has 1 aliphatic heterocycles. The summed E-state index contributed by atoms with van der Waals surface area (Å²) in [5.41, 5.74) is 0.365. The molecule has 0 spiro atoms. The summed E-state index contributed by atoms with van der Waals surface area (Å²) >= 11 is 0. The summed E-state index contributed by atoms with van der Waals surface area (Å²) in [5.74, 6) is -0.221. The van der Waals surface area contributed by atoms with E-state index in [0.29, 0.717) is 30.4 Å². The van der Waals surface area contributed by atoms with Crippen LogP contribution in [0.25, 0.3) is 0 Å². The van der Waals surface area contributed by atoms with Crippen LogP contribution in [-0.4, -0.2) is 33.7 Å². The molecule has 0 radical (unpaired) electrons. The topological polar surface area (TPSA) is 54.0 Å². The van der Waals surface area contributed by atoms with Gasteiger partial charge in [0.15, 0.2) is 23.3 Å². The van der Waals surface area contributed by atoms with Crippen LogP contribution >= 0.6 is 0 Å². The molecule has 1 N–H and O–H groups in total. The van der Waals surface area contributed by atoms with E-state index in [9.17, 15) is 8.78 Å². The van der Waals surface area contributed by atoms with Crippen molar-refractivity contribution in [3.63, 3.8) is 0 Å². The molecule has 1 aromatic carbocycles. The molecule has 23 heavy (non-hydrogen) atoms. The number of methoxy groups -OCH3 is 1. The number of nitrogens with zero attached hydrogens (tertiary/aromatic N) is 3. The second kappa shape index (κ2) is 7.14. The Bertz CT molecular complexity index is 661. The van der Waals surface area contributed by atoms with Gasteiger partial charge in [-0.2, -0.15) is 5.10 Å². The number of hydrogen-bond donors (Lipinski definition) is 1. The van der Waals surface area contributed by atoms with Crippen LogP contribution in [0.1, 0.15) is 42.5 Å². The zero-order chi connectivity index (χ0) is 16.2. The summed E-state index contributed by atoms with van der Waals surface area (Å²) in [7, 11) is 1.60. The first-order valence-electron chi connectivity index (χ1n) is 7.76. The number of ether oxygens (including phenoxy) is 1. The lowest BCUT2D eigenvalue weighted by Gasteiger charge is -2.34. The van der Waals surface area contributed by atoms with Gasteiger partial charge in [-0.05, 0) is 25.5 Å². The van der Waals surface area contributed by atoms with Crippen molar-refractivity contribution in [2.24, 2.45) is 0 Å². The van der Waals surface area contributed by atoms with Gasteiger partial charge in [0.25, 0.3) is 0 Å². The summed E-state index contributed by atoms with van der Waals surface area (Å²) in [6.07, 6.45) is 3.00. The van der Waals surface area contributed by atoms with E-state index in [1.165, 1.54) is 6.07 Å². The number of rotatable bonds is 5. The van der Waals surface area contributed by atoms with Gasteiger partial charge in [-0.3, -0.25) is 10.00 Å². The van der Waals surface area contributed by atoms with Crippen LogP contribution < -0.4 is 0 Å². The van der Waals surface area contributed by atoms with Crippen molar-refractivity contribution in [2.45, 2.75) is 38.5 Å². The fourth-order valence-electron chi connectivity index (χ4n) is 3.02. The molecule has 5 nitrogen and oxygen atoms in total. The molecule has 1 unspecified atom stereocenters. The summed E-state index contributed by atoms with van der Waals surface area (Å²) in [6, 6.07) is 4.31. The van der Waals surface area contributed by atoms with E-state index in [1.54, 1.807) is 13.2 Å². The molecule has 2 heterocycles. The molecule has 124 valence electrons. The molecule has 1 saturated heterocycles. The van der Waals surface area contributed by atoms with Crippen molar-refractivity contribution in [3.05, 3.63) is 47.0 Å². The third kappa shape index (κ3) is 3.56. The number of aromatic nitrogens is 3. The number of likely N-dealkylation sites (tertiary alicyclic amines) is 1. The summed E-state index contributed by atoms with van der Waals surface area (Å²) in [5, 5.41) is 7.13. The smallest absolute Gasteiger partial charge is 0.167 e. The normalized spacial score (nSPS) is 19.2. The zero-order valence-corrected chi connectivity index (χ0v) is 13.1. The molecule has 0 saturated carbocycles. The van der Waals surface area contributed by atoms with Crippen LogP contribution in [0.15, 0.2) is 18.2 Å². The first kappa shape index (κ1) is 16.0. The van der Waals surface area contributed by atoms with Crippen LogP contribution in [0, 0.1) is 11.6 Å². The molecular weight excluding hydrogens is 302 g/mol. The predicted molar refractivity (Wildman–Crippen MR) is 80.5 cm³/mol. The van der Waals surface area contributed by atoms with Gasteiger partial charge >= 0.3 is 0 Å². The molecule has 1 atom stereocenters. The highest BCUT2D eigenvalue weighted by Crippen LogP contribution is 2.30. The zero-order valence-electron chi connectivity index (χ0n) is 13.1. The maximum Gasteiger partial charge on any atom is 0.167 e. The average Bonchev–Trinajstić information content (AvgIpc) is 3.01. The Hall–Kier alpha value is -1.86. The Kier molecular flexibility index (Phi) is 4.97. The van der Waals surface area contributed by atoms with Crippen molar-refractivity contribution in [2.75, 3.05) is 13.7 Å². The van der Waals surface area contributed by atoms with Gasteiger partial charge in [-0.25, -0.2) is 13.8 Å². The summed E-state index contributed by atoms with van der Waals surface area (Å²) < 4.78 is 32.4. The Balaban J connectivity index is 1.79. The first-order valence-corrected chi connectivity index (χ1v) is 7.76. The predicted octanol–water partition coefficient (Wildman–Crippen LogP) is 2.96. The Morgan fingerprint density at radius 3 is 3.04 bits per heavy atom. The van der Waals surface area contributed by atoms with E-state index >= 15 is 0 Å². The Morgan fingerprint density at radius 1 is 1.35 bits per heavy atom. The van der Waals surface area contributed by atoms with Crippen LogP contribution in [0.2, 0.25) is 0 Å². The molecule has 0 bridgehead atoms. The highest BCUT2D eigenvalue weighted by Gasteiger charge is 2.28. The summed E-state index contributed by atoms with van der Waals surface area (Å²) in [6.45, 7) is 1.54. The Labute approximate surface area is 133 Å². The highest BCUT2D eigenvalue weighted by molar-refractivity contribution is 5.19. The van der Waals surface area contributed by atoms with Crippen LogP contribution in [0.3, 0.4) is 0 Å². The molecule has 1 fully saturated rings. The van der Waals surface area contributed by atoms with Gasteiger partial charge < -0.3 is 4.74 Å². The standard InChI is InChI=1S/C16H20F2N4O/c1-23-10-14-19-16(21-20-14)13-7-2-3-8-22(13)9-11-5-4-6-12(17)15(11)18/h4-6,13H,2-3,7-10H2,1H3,(H,19,20,21). The maximum atomic E-state index is 13.9. The van der Waals surface area contributed by atoms with Gasteiger partial charge in [-0.1, -0.05) is 18.6 Å². The quantitative estimate of drug-likeness (QED) is 0.919. The maximum absolute atomic E-state index is 13.9. The van der Waals surface area contributed by atoms with Crippen LogP contribution in [-0.2, 0) is 17.9 Å². The lowest BCUT2D eigenvalue weighted by atomic mass is 10.0. The lowest BCUT2D eigenvalue weighted by Crippen LogP contribution is -2.34. The number of nitrogens with one attached hydrogen (secondary N) is 1. The molecular formula is C16H20F2N4O. The number of benzene rings is 1. The molecule has 3 rings (SSSR count). The molecule has 0 aliphatic carbocycles. The minimum Gasteiger partial charge on any atom is -0.377 e. The van der Waals surface area contributed by atoms with E-state index in [-0.39, 0.29) is 6.04 Å². The lowest BCUT2D eigenvalue weighted by molar-refractivity contribution is 0.131. The van der Waals surface area contributed by atoms with Gasteiger partial charge in [0.2, 0.25) is 0 Å². The second-order valence-electron chi connectivity index (χ2n) is 5.77. The number of halogens is 2. The van der Waals surface area contributed by atoms with E-state index < -0.39 is 11.6 Å². The van der Waals surface area contributed by atoms with E-state index in [0.717, 1.165) is 31.9 Å². The number of hydrogen-bond acceptors (Lipinski definition) is 4. The van der Waals surface area contributed by atoms with Gasteiger partial charge in [0.05, 0.1) is 6.04 Å². The number of piperidine rings is 1. The van der Waals surface area contributed by atoms with E-state index in [2.05, 4.69) is 20.1 Å². The first-order chi connectivity index (χ1) is 11.2. The van der Waals surface area contributed by atoms with Crippen molar-refractivity contribution in [3.8, 4) is 0 Å². The van der Waals surface area contributed by atoms with E-state index in [1.807, 2.05) is 0 Å². The van der Waals surface area contributed by atoms with Crippen molar-refractivity contribution < 1.29 is 13.5 Å². The molecule has 2 aromatic rings. The minimum absolute atomic E-state index is 0.00766. The highest BCUT2D eigenvalue weighted by atomic mass is 19.2. The number of aromatic amines is 1. The monoisotopic (exact) mass is 322 g/mol. The van der Waals surface area contributed by atoms with Gasteiger partial charge in [0.1, 0.15) is 6.61 Å². The van der Waals surface area contributed by atoms with Crippen molar-refractivity contribution in [1.29, 1.82) is 0 Å². The molecule has 7 heteroatoms. The van der Waals surface area contributed by atoms with Crippen LogP contribution in [0.4, 0.5) is 8.78 Å². The number of H-pyrrole nitrogens is 1. The van der Waals surface area contributed by atoms with Crippen molar-refractivity contribution in [1.82, 2.24) is 20.1 Å². The third-order valence-electron chi connectivity index (χ3n) is 4.15. The van der Waals surface area contributed by atoms with Crippen LogP contribution in [0.5, 0.6) is 0 Å². The molecule has 1 aromatic heterocycles. The molecule has 0 amide bonds. The minimum atomic E-state index is -0.809. The fraction of sp³-hybridized carbons (Fsp3) is 0.500. The van der Waals surface area contributed by atoms with Gasteiger partial charge in [0, 0.05) is 19.2 Å². The third-order valence-corrected chi connectivity index (χ3v) is 4.15. The molecule has 1 aliphatic rings. The summed E-state index contributed by atoms with van der Waals surface area (Å²) in [4.78, 5) is 6.57.